The van der Waals surface area contributed by atoms with Gasteiger partial charge >= 0.3 is 169 Å². The number of rotatable bonds is 2. The average molecular weight is 430 g/mol. The van der Waals surface area contributed by atoms with Crippen molar-refractivity contribution >= 4 is 33.8 Å². The first-order valence-corrected chi connectivity index (χ1v) is 11.0. The molecule has 0 N–H and O–H groups in total. The molecule has 0 bridgehead atoms. The molecule has 3 heteroatoms. The molecule has 0 aliphatic carbocycles. The van der Waals surface area contributed by atoms with Crippen molar-refractivity contribution < 1.29 is 4.39 Å². The van der Waals surface area contributed by atoms with Crippen LogP contribution in [0.3, 0.4) is 0 Å². The van der Waals surface area contributed by atoms with Crippen molar-refractivity contribution in [2.75, 3.05) is 0 Å². The van der Waals surface area contributed by atoms with E-state index in [1.807, 2.05) is 48.7 Å². The van der Waals surface area contributed by atoms with E-state index < -0.39 is 0 Å². The second kappa shape index (κ2) is 6.70. The van der Waals surface area contributed by atoms with Gasteiger partial charge in [-0.3, -0.25) is 0 Å². The van der Waals surface area contributed by atoms with E-state index in [0.29, 0.717) is 5.56 Å². The third-order valence-corrected chi connectivity index (χ3v) is 7.64. The van der Waals surface area contributed by atoms with E-state index in [0.717, 1.165) is 31.9 Å². The Balaban J connectivity index is 1.80. The summed E-state index contributed by atoms with van der Waals surface area (Å²) in [6, 6.07) is 22.3. The Morgan fingerprint density at radius 1 is 0.750 bits per heavy atom. The molecule has 0 saturated heterocycles. The van der Waals surface area contributed by atoms with Crippen LogP contribution in [0.1, 0.15) is 11.1 Å². The minimum atomic E-state index is -0.110. The van der Waals surface area contributed by atoms with E-state index >= 15 is 4.39 Å². The molecule has 0 atom stereocenters. The van der Waals surface area contributed by atoms with E-state index in [1.165, 1.54) is 15.4 Å². The van der Waals surface area contributed by atoms with Crippen molar-refractivity contribution in [3.63, 3.8) is 0 Å². The van der Waals surface area contributed by atoms with Crippen LogP contribution >= 0.6 is 0 Å². The van der Waals surface area contributed by atoms with E-state index in [4.69, 9.17) is 0 Å². The predicted molar refractivity (Wildman–Crippen MR) is 116 cm³/mol. The zero-order chi connectivity index (χ0) is 19.3. The van der Waals surface area contributed by atoms with Crippen LogP contribution in [0.15, 0.2) is 72.9 Å². The molecule has 0 amide bonds. The SMILES string of the molecule is Cc1cc(C)cc(-c2nccc3c2[se]c2c(F)c(-c4ccccc4)ccc23)c1. The Morgan fingerprint density at radius 2 is 1.46 bits per heavy atom. The molecule has 5 aromatic rings. The quantitative estimate of drug-likeness (QED) is 0.290. The molecule has 136 valence electrons. The van der Waals surface area contributed by atoms with Crippen molar-refractivity contribution in [1.29, 1.82) is 0 Å². The molecule has 1 nitrogen and oxygen atoms in total. The molecule has 5 rings (SSSR count). The van der Waals surface area contributed by atoms with Gasteiger partial charge in [-0.2, -0.15) is 0 Å². The van der Waals surface area contributed by atoms with Crippen LogP contribution in [-0.4, -0.2) is 19.5 Å². The Morgan fingerprint density at radius 3 is 2.21 bits per heavy atom. The second-order valence-corrected chi connectivity index (χ2v) is 9.33. The van der Waals surface area contributed by atoms with Gasteiger partial charge in [0.15, 0.2) is 0 Å². The molecule has 0 aliphatic heterocycles. The molecule has 2 aromatic heterocycles. The van der Waals surface area contributed by atoms with Crippen LogP contribution in [0.4, 0.5) is 4.39 Å². The molecule has 0 aliphatic rings. The zero-order valence-corrected chi connectivity index (χ0v) is 17.4. The molecule has 3 aromatic carbocycles. The fraction of sp³-hybridized carbons (Fsp3) is 0.0800. The van der Waals surface area contributed by atoms with Crippen LogP contribution in [0, 0.1) is 19.7 Å². The Bertz CT molecular complexity index is 1320. The van der Waals surface area contributed by atoms with Gasteiger partial charge in [-0.05, 0) is 0 Å². The monoisotopic (exact) mass is 431 g/mol. The van der Waals surface area contributed by atoms with E-state index in [9.17, 15) is 0 Å². The first kappa shape index (κ1) is 17.4. The number of benzene rings is 3. The van der Waals surface area contributed by atoms with Crippen molar-refractivity contribution in [3.8, 4) is 22.4 Å². The zero-order valence-electron chi connectivity index (χ0n) is 15.7. The summed E-state index contributed by atoms with van der Waals surface area (Å²) in [7, 11) is 0. The molecule has 0 spiro atoms. The molecule has 2 heterocycles. The van der Waals surface area contributed by atoms with Crippen molar-refractivity contribution in [3.05, 3.63) is 89.9 Å². The van der Waals surface area contributed by atoms with Gasteiger partial charge in [0.1, 0.15) is 0 Å². The molecule has 0 unspecified atom stereocenters. The van der Waals surface area contributed by atoms with Gasteiger partial charge in [0, 0.05) is 0 Å². The average Bonchev–Trinajstić information content (AvgIpc) is 3.08. The summed E-state index contributed by atoms with van der Waals surface area (Å²) in [5.74, 6) is -0.0914. The topological polar surface area (TPSA) is 12.9 Å². The van der Waals surface area contributed by atoms with Crippen molar-refractivity contribution in [1.82, 2.24) is 4.98 Å². The summed E-state index contributed by atoms with van der Waals surface area (Å²) in [6.45, 7) is 4.21. The van der Waals surface area contributed by atoms with Crippen LogP contribution in [0.2, 0.25) is 0 Å². The summed E-state index contributed by atoms with van der Waals surface area (Å²) >= 11 is -0.110. The van der Waals surface area contributed by atoms with Gasteiger partial charge in [-0.15, -0.1) is 0 Å². The number of pyridine rings is 1. The maximum absolute atomic E-state index is 15.5. The molecule has 0 saturated carbocycles. The normalized spacial score (nSPS) is 11.4. The number of hydrogen-bond donors (Lipinski definition) is 0. The molecule has 28 heavy (non-hydrogen) atoms. The Kier molecular flexibility index (Phi) is 4.15. The van der Waals surface area contributed by atoms with Gasteiger partial charge < -0.3 is 0 Å². The second-order valence-electron chi connectivity index (χ2n) is 7.18. The van der Waals surface area contributed by atoms with Crippen molar-refractivity contribution in [2.45, 2.75) is 13.8 Å². The standard InChI is InChI=1S/C25H18FNSe/c1-15-12-16(2)14-18(13-15)23-25-21(10-11-27-23)20-9-8-19(22(26)24(20)28-25)17-6-4-3-5-7-17/h3-14H,1-2H3. The number of aryl methyl sites for hydroxylation is 2. The summed E-state index contributed by atoms with van der Waals surface area (Å²) in [6.07, 6.45) is 1.85. The van der Waals surface area contributed by atoms with E-state index in [2.05, 4.69) is 43.1 Å². The summed E-state index contributed by atoms with van der Waals surface area (Å²) in [5.41, 5.74) is 6.14. The van der Waals surface area contributed by atoms with Gasteiger partial charge in [0.05, 0.1) is 0 Å². The number of aromatic nitrogens is 1. The van der Waals surface area contributed by atoms with E-state index in [-0.39, 0.29) is 20.3 Å². The summed E-state index contributed by atoms with van der Waals surface area (Å²) in [4.78, 5) is 4.69. The first-order chi connectivity index (χ1) is 13.6. The van der Waals surface area contributed by atoms with Crippen LogP contribution in [0.5, 0.6) is 0 Å². The minimum absolute atomic E-state index is 0.0914. The molecular weight excluding hydrogens is 412 g/mol. The van der Waals surface area contributed by atoms with Crippen molar-refractivity contribution in [2.24, 2.45) is 0 Å². The predicted octanol–water partition coefficient (Wildman–Crippen LogP) is 6.53. The van der Waals surface area contributed by atoms with Crippen LogP contribution < -0.4 is 0 Å². The third kappa shape index (κ3) is 2.79. The summed E-state index contributed by atoms with van der Waals surface area (Å²) < 4.78 is 17.5. The summed E-state index contributed by atoms with van der Waals surface area (Å²) in [5, 5.41) is 2.14. The fourth-order valence-electron chi connectivity index (χ4n) is 3.89. The maximum atomic E-state index is 15.5. The molecule has 0 fully saturated rings. The third-order valence-electron chi connectivity index (χ3n) is 5.08. The van der Waals surface area contributed by atoms with Crippen LogP contribution in [0.25, 0.3) is 41.7 Å². The number of hydrogen-bond acceptors (Lipinski definition) is 1. The number of halogens is 1. The first-order valence-electron chi connectivity index (χ1n) is 9.25. The van der Waals surface area contributed by atoms with Gasteiger partial charge in [0.25, 0.3) is 0 Å². The molecule has 0 radical (unpaired) electrons. The van der Waals surface area contributed by atoms with Gasteiger partial charge in [-0.25, -0.2) is 0 Å². The molecular formula is C25H18FNSe. The fourth-order valence-corrected chi connectivity index (χ4v) is 6.51. The van der Waals surface area contributed by atoms with Crippen LogP contribution in [-0.2, 0) is 0 Å². The number of nitrogens with zero attached hydrogens (tertiary/aromatic N) is 1. The van der Waals surface area contributed by atoms with E-state index in [1.54, 1.807) is 0 Å². The van der Waals surface area contributed by atoms with Gasteiger partial charge in [-0.1, -0.05) is 0 Å². The number of fused-ring (bicyclic) bond motifs is 3. The Hall–Kier alpha value is -2.74. The Labute approximate surface area is 169 Å². The van der Waals surface area contributed by atoms with Gasteiger partial charge in [0.2, 0.25) is 0 Å².